The van der Waals surface area contributed by atoms with Gasteiger partial charge < -0.3 is 0 Å². The van der Waals surface area contributed by atoms with Gasteiger partial charge in [-0.3, -0.25) is 10.2 Å². The SMILES string of the molecule is CCC[CH2][Sn][CH2]CCC.NNC(=O)c1ccccc1. The van der Waals surface area contributed by atoms with Gasteiger partial charge in [-0.2, -0.15) is 0 Å². The van der Waals surface area contributed by atoms with Crippen molar-refractivity contribution in [3.63, 3.8) is 0 Å². The number of nitrogens with one attached hydrogen (secondary N) is 1. The molecule has 0 saturated heterocycles. The molecule has 1 aromatic carbocycles. The van der Waals surface area contributed by atoms with Crippen molar-refractivity contribution in [1.29, 1.82) is 0 Å². The van der Waals surface area contributed by atoms with E-state index in [4.69, 9.17) is 5.84 Å². The molecule has 0 heterocycles. The molecule has 0 unspecified atom stereocenters. The summed E-state index contributed by atoms with van der Waals surface area (Å²) in [5.41, 5.74) is 2.62. The van der Waals surface area contributed by atoms with Crippen LogP contribution < -0.4 is 11.3 Å². The number of hydrogen-bond acceptors (Lipinski definition) is 2. The molecule has 1 aromatic rings. The third-order valence-corrected chi connectivity index (χ3v) is 6.62. The van der Waals surface area contributed by atoms with Gasteiger partial charge in [0.25, 0.3) is 5.91 Å². The van der Waals surface area contributed by atoms with Crippen LogP contribution in [-0.2, 0) is 0 Å². The number of carbonyl (C=O) groups excluding carboxylic acids is 1. The van der Waals surface area contributed by atoms with Crippen LogP contribution in [0.5, 0.6) is 0 Å². The van der Waals surface area contributed by atoms with E-state index in [1.807, 2.05) is 11.5 Å². The van der Waals surface area contributed by atoms with Crippen molar-refractivity contribution in [3.8, 4) is 0 Å². The first-order valence-corrected chi connectivity index (χ1v) is 11.1. The van der Waals surface area contributed by atoms with Crippen molar-refractivity contribution in [1.82, 2.24) is 5.43 Å². The Labute approximate surface area is 127 Å². The topological polar surface area (TPSA) is 55.1 Å². The van der Waals surface area contributed by atoms with Crippen molar-refractivity contribution >= 4 is 27.0 Å². The third-order valence-electron chi connectivity index (χ3n) is 2.58. The maximum absolute atomic E-state index is 10.8. The molecule has 4 heteroatoms. The molecule has 0 aromatic heterocycles. The Balaban J connectivity index is 0.000000344. The van der Waals surface area contributed by atoms with Gasteiger partial charge in [0.1, 0.15) is 0 Å². The number of rotatable bonds is 7. The number of amides is 1. The molecule has 1 rings (SSSR count). The van der Waals surface area contributed by atoms with E-state index < -0.39 is 0 Å². The summed E-state index contributed by atoms with van der Waals surface area (Å²) >= 11 is 0.149. The number of hydrogen-bond donors (Lipinski definition) is 2. The molecule has 2 radical (unpaired) electrons. The van der Waals surface area contributed by atoms with Gasteiger partial charge in [-0.1, -0.05) is 18.2 Å². The predicted molar refractivity (Wildman–Crippen MR) is 83.3 cm³/mol. The second kappa shape index (κ2) is 13.9. The number of benzene rings is 1. The van der Waals surface area contributed by atoms with Crippen molar-refractivity contribution < 1.29 is 4.79 Å². The maximum atomic E-state index is 10.8. The summed E-state index contributed by atoms with van der Waals surface area (Å²) in [6.45, 7) is 4.58. The van der Waals surface area contributed by atoms with Crippen LogP contribution in [0, 0.1) is 0 Å². The smallest absolute Gasteiger partial charge is 0.265 e. The fourth-order valence-electron chi connectivity index (χ4n) is 1.40. The first-order chi connectivity index (χ1) is 9.26. The number of nitrogens with two attached hydrogens (primary N) is 1. The Morgan fingerprint density at radius 2 is 1.63 bits per heavy atom. The van der Waals surface area contributed by atoms with Gasteiger partial charge >= 0.3 is 69.5 Å². The van der Waals surface area contributed by atoms with Crippen molar-refractivity contribution in [2.45, 2.75) is 48.4 Å². The molecule has 19 heavy (non-hydrogen) atoms. The third kappa shape index (κ3) is 11.0. The molecule has 3 N–H and O–H groups in total. The molecule has 0 bridgehead atoms. The molecule has 106 valence electrons. The van der Waals surface area contributed by atoms with Crippen LogP contribution in [0.15, 0.2) is 30.3 Å². The zero-order valence-electron chi connectivity index (χ0n) is 12.1. The summed E-state index contributed by atoms with van der Waals surface area (Å²) in [5.74, 6) is 4.64. The first kappa shape index (κ1) is 18.4. The Bertz CT molecular complexity index is 311. The Hall–Kier alpha value is -0.551. The summed E-state index contributed by atoms with van der Waals surface area (Å²) in [4.78, 5) is 10.8. The number of carbonyl (C=O) groups is 1. The standard InChI is InChI=1S/C7H8N2O.2C4H9.Sn/c8-9-7(10)6-4-2-1-3-5-6;2*1-3-4-2;/h1-5H,8H2,(H,9,10);2*1,3-4H2,2H3;. The van der Waals surface area contributed by atoms with Gasteiger partial charge in [0.15, 0.2) is 0 Å². The summed E-state index contributed by atoms with van der Waals surface area (Å²) in [7, 11) is 0. The van der Waals surface area contributed by atoms with Gasteiger partial charge in [0, 0.05) is 5.56 Å². The number of unbranched alkanes of at least 4 members (excludes halogenated alkanes) is 2. The van der Waals surface area contributed by atoms with Crippen LogP contribution in [-0.4, -0.2) is 27.0 Å². The fraction of sp³-hybridized carbons (Fsp3) is 0.533. The van der Waals surface area contributed by atoms with Crippen LogP contribution in [0.25, 0.3) is 0 Å². The molecule has 3 nitrogen and oxygen atoms in total. The van der Waals surface area contributed by atoms with E-state index in [-0.39, 0.29) is 27.0 Å². The summed E-state index contributed by atoms with van der Waals surface area (Å²) < 4.78 is 3.25. The quantitative estimate of drug-likeness (QED) is 0.255. The summed E-state index contributed by atoms with van der Waals surface area (Å²) in [5, 5.41) is 0. The van der Waals surface area contributed by atoms with E-state index >= 15 is 0 Å². The zero-order valence-corrected chi connectivity index (χ0v) is 15.0. The van der Waals surface area contributed by atoms with Crippen molar-refractivity contribution in [2.75, 3.05) is 0 Å². The van der Waals surface area contributed by atoms with E-state index in [1.165, 1.54) is 25.7 Å². The molecule has 0 atom stereocenters. The monoisotopic (exact) mass is 370 g/mol. The molecule has 0 fully saturated rings. The van der Waals surface area contributed by atoms with Crippen molar-refractivity contribution in [2.24, 2.45) is 5.84 Å². The Morgan fingerprint density at radius 1 is 1.11 bits per heavy atom. The maximum Gasteiger partial charge on any atom is 0.265 e. The van der Waals surface area contributed by atoms with E-state index in [1.54, 1.807) is 33.1 Å². The van der Waals surface area contributed by atoms with Gasteiger partial charge in [0.05, 0.1) is 0 Å². The average Bonchev–Trinajstić information content (AvgIpc) is 2.48. The zero-order chi connectivity index (χ0) is 14.3. The van der Waals surface area contributed by atoms with Gasteiger partial charge in [-0.15, -0.1) is 0 Å². The Morgan fingerprint density at radius 3 is 2.05 bits per heavy atom. The van der Waals surface area contributed by atoms with E-state index in [0.717, 1.165) is 0 Å². The van der Waals surface area contributed by atoms with Crippen LogP contribution in [0.1, 0.15) is 49.9 Å². The second-order valence-electron chi connectivity index (χ2n) is 4.30. The minimum absolute atomic E-state index is 0.149. The normalized spacial score (nSPS) is 9.42. The molecule has 0 aliphatic heterocycles. The van der Waals surface area contributed by atoms with Crippen molar-refractivity contribution in [3.05, 3.63) is 35.9 Å². The van der Waals surface area contributed by atoms with E-state index in [9.17, 15) is 4.79 Å². The van der Waals surface area contributed by atoms with Gasteiger partial charge in [-0.25, -0.2) is 5.84 Å². The Kier molecular flexibility index (Phi) is 13.5. The molecular weight excluding hydrogens is 343 g/mol. The molecule has 0 spiro atoms. The number of hydrazine groups is 1. The average molecular weight is 369 g/mol. The van der Waals surface area contributed by atoms with E-state index in [0.29, 0.717) is 5.56 Å². The fourth-order valence-corrected chi connectivity index (χ4v) is 5.56. The molecular formula is C15H26N2OSn. The van der Waals surface area contributed by atoms with Crippen LogP contribution in [0.3, 0.4) is 0 Å². The largest absolute Gasteiger partial charge is 0.290 e. The molecule has 1 amide bonds. The first-order valence-electron chi connectivity index (χ1n) is 7.02. The van der Waals surface area contributed by atoms with Gasteiger partial charge in [-0.05, 0) is 12.1 Å². The summed E-state index contributed by atoms with van der Waals surface area (Å²) in [6.07, 6.45) is 5.84. The minimum atomic E-state index is -0.263. The minimum Gasteiger partial charge on any atom is -0.290 e. The number of nitrogen functional groups attached to an aromatic ring is 1. The predicted octanol–water partition coefficient (Wildman–Crippen LogP) is 3.42. The van der Waals surface area contributed by atoms with Crippen LogP contribution >= 0.6 is 0 Å². The molecule has 0 aliphatic rings. The van der Waals surface area contributed by atoms with Crippen LogP contribution in [0.2, 0.25) is 8.87 Å². The van der Waals surface area contributed by atoms with Crippen LogP contribution in [0.4, 0.5) is 0 Å². The summed E-state index contributed by atoms with van der Waals surface area (Å²) in [6, 6.07) is 8.80. The second-order valence-corrected chi connectivity index (χ2v) is 8.58. The van der Waals surface area contributed by atoms with Gasteiger partial charge in [0.2, 0.25) is 0 Å². The van der Waals surface area contributed by atoms with E-state index in [2.05, 4.69) is 13.8 Å². The molecule has 0 aliphatic carbocycles. The molecule has 0 saturated carbocycles.